The third-order valence-electron chi connectivity index (χ3n) is 7.75. The molecular weight excluding hydrogens is 470 g/mol. The van der Waals surface area contributed by atoms with E-state index < -0.39 is 15.8 Å². The Balaban J connectivity index is 1.48. The highest BCUT2D eigenvalue weighted by Crippen LogP contribution is 2.60. The molecule has 1 saturated carbocycles. The van der Waals surface area contributed by atoms with Crippen molar-refractivity contribution in [3.05, 3.63) is 64.8 Å². The SMILES string of the molecule is COc1cc(C)c2[nH]ccc2c1CN1CCC2(C[C@H]1c1ccc(CS(C)(=O)=O)cc1)CC(F)(F)C2. The molecule has 0 radical (unpaired) electrons. The second kappa shape index (κ2) is 8.59. The number of H-pyrrole nitrogens is 1. The maximum absolute atomic E-state index is 13.9. The van der Waals surface area contributed by atoms with Gasteiger partial charge in [0, 0.05) is 54.3 Å². The number of piperidine rings is 1. The number of alkyl halides is 2. The first-order valence-electron chi connectivity index (χ1n) is 12.0. The van der Waals surface area contributed by atoms with Crippen LogP contribution in [0.3, 0.4) is 0 Å². The van der Waals surface area contributed by atoms with Gasteiger partial charge in [0.2, 0.25) is 5.92 Å². The number of aromatic nitrogens is 1. The van der Waals surface area contributed by atoms with Crippen LogP contribution in [0.5, 0.6) is 5.75 Å². The molecule has 0 bridgehead atoms. The summed E-state index contributed by atoms with van der Waals surface area (Å²) in [6.07, 6.45) is 4.47. The Hall–Kier alpha value is -2.45. The third-order valence-corrected chi connectivity index (χ3v) is 8.61. The Morgan fingerprint density at radius 1 is 1.17 bits per heavy atom. The number of nitrogens with one attached hydrogen (secondary N) is 1. The van der Waals surface area contributed by atoms with Crippen LogP contribution in [0.4, 0.5) is 8.78 Å². The fourth-order valence-corrected chi connectivity index (χ4v) is 6.98. The fourth-order valence-electron chi connectivity index (χ4n) is 6.19. The van der Waals surface area contributed by atoms with E-state index in [1.165, 1.54) is 6.26 Å². The first kappa shape index (κ1) is 24.3. The van der Waals surface area contributed by atoms with Gasteiger partial charge < -0.3 is 9.72 Å². The summed E-state index contributed by atoms with van der Waals surface area (Å²) >= 11 is 0. The summed E-state index contributed by atoms with van der Waals surface area (Å²) < 4.78 is 57.0. The first-order valence-corrected chi connectivity index (χ1v) is 14.1. The largest absolute Gasteiger partial charge is 0.496 e. The molecule has 5 nitrogen and oxygen atoms in total. The molecule has 0 amide bonds. The molecule has 1 spiro atoms. The van der Waals surface area contributed by atoms with Gasteiger partial charge in [-0.15, -0.1) is 0 Å². The van der Waals surface area contributed by atoms with Crippen molar-refractivity contribution in [2.24, 2.45) is 5.41 Å². The number of likely N-dealkylation sites (tertiary alicyclic amines) is 1. The lowest BCUT2D eigenvalue weighted by Crippen LogP contribution is -2.53. The van der Waals surface area contributed by atoms with Gasteiger partial charge in [-0.05, 0) is 60.5 Å². The molecule has 1 saturated heterocycles. The van der Waals surface area contributed by atoms with E-state index in [4.69, 9.17) is 4.74 Å². The highest BCUT2D eigenvalue weighted by atomic mass is 32.2. The van der Waals surface area contributed by atoms with Crippen molar-refractivity contribution in [1.29, 1.82) is 0 Å². The molecule has 35 heavy (non-hydrogen) atoms. The first-order chi connectivity index (χ1) is 16.5. The summed E-state index contributed by atoms with van der Waals surface area (Å²) in [5.74, 6) is -1.75. The Labute approximate surface area is 205 Å². The number of hydrogen-bond donors (Lipinski definition) is 1. The number of aryl methyl sites for hydroxylation is 1. The van der Waals surface area contributed by atoms with Gasteiger partial charge in [0.1, 0.15) is 5.75 Å². The molecule has 2 aromatic carbocycles. The molecule has 188 valence electrons. The van der Waals surface area contributed by atoms with E-state index in [2.05, 4.69) is 16.0 Å². The van der Waals surface area contributed by atoms with E-state index in [0.29, 0.717) is 13.0 Å². The monoisotopic (exact) mass is 502 g/mol. The van der Waals surface area contributed by atoms with Crippen LogP contribution in [0.1, 0.15) is 54.0 Å². The quantitative estimate of drug-likeness (QED) is 0.464. The lowest BCUT2D eigenvalue weighted by Gasteiger charge is -2.54. The number of rotatable bonds is 6. The maximum atomic E-state index is 13.9. The van der Waals surface area contributed by atoms with Gasteiger partial charge in [-0.2, -0.15) is 0 Å². The minimum absolute atomic E-state index is 0.0101. The van der Waals surface area contributed by atoms with Gasteiger partial charge in [0.15, 0.2) is 9.84 Å². The number of sulfone groups is 1. The molecule has 1 atom stereocenters. The highest BCUT2D eigenvalue weighted by molar-refractivity contribution is 7.89. The number of ether oxygens (including phenoxy) is 1. The number of nitrogens with zero attached hydrogens (tertiary/aromatic N) is 1. The Morgan fingerprint density at radius 2 is 1.89 bits per heavy atom. The lowest BCUT2D eigenvalue weighted by atomic mass is 9.59. The molecule has 1 aliphatic carbocycles. The number of halogens is 2. The predicted molar refractivity (Wildman–Crippen MR) is 134 cm³/mol. The van der Waals surface area contributed by atoms with Crippen LogP contribution in [0.2, 0.25) is 0 Å². The summed E-state index contributed by atoms with van der Waals surface area (Å²) in [5.41, 5.74) is 4.71. The average molecular weight is 503 g/mol. The topological polar surface area (TPSA) is 62.4 Å². The number of hydrogen-bond acceptors (Lipinski definition) is 4. The van der Waals surface area contributed by atoms with Gasteiger partial charge >= 0.3 is 0 Å². The summed E-state index contributed by atoms with van der Waals surface area (Å²) in [7, 11) is -1.45. The summed E-state index contributed by atoms with van der Waals surface area (Å²) in [5, 5.41) is 1.11. The van der Waals surface area contributed by atoms with E-state index in [-0.39, 0.29) is 30.1 Å². The molecule has 1 aromatic heterocycles. The minimum Gasteiger partial charge on any atom is -0.496 e. The summed E-state index contributed by atoms with van der Waals surface area (Å²) in [6, 6.07) is 11.7. The van der Waals surface area contributed by atoms with Gasteiger partial charge in [0.05, 0.1) is 12.9 Å². The average Bonchev–Trinajstić information content (AvgIpc) is 3.25. The normalized spacial score (nSPS) is 21.8. The zero-order chi connectivity index (χ0) is 25.0. The number of fused-ring (bicyclic) bond motifs is 1. The smallest absolute Gasteiger partial charge is 0.249 e. The molecule has 5 rings (SSSR count). The van der Waals surface area contributed by atoms with Crippen molar-refractivity contribution in [1.82, 2.24) is 9.88 Å². The number of aromatic amines is 1. The van der Waals surface area contributed by atoms with Gasteiger partial charge in [0.25, 0.3) is 0 Å². The zero-order valence-electron chi connectivity index (χ0n) is 20.4. The van der Waals surface area contributed by atoms with E-state index in [0.717, 1.165) is 51.9 Å². The third kappa shape index (κ3) is 4.83. The number of methoxy groups -OCH3 is 1. The van der Waals surface area contributed by atoms with Crippen LogP contribution in [0.15, 0.2) is 42.6 Å². The molecule has 2 fully saturated rings. The van der Waals surface area contributed by atoms with Crippen molar-refractivity contribution in [3.8, 4) is 5.75 Å². The van der Waals surface area contributed by atoms with Gasteiger partial charge in [-0.1, -0.05) is 24.3 Å². The highest BCUT2D eigenvalue weighted by Gasteiger charge is 2.58. The van der Waals surface area contributed by atoms with Crippen molar-refractivity contribution in [3.63, 3.8) is 0 Å². The Bertz CT molecular complexity index is 1340. The van der Waals surface area contributed by atoms with Crippen LogP contribution < -0.4 is 4.74 Å². The molecule has 2 heterocycles. The van der Waals surface area contributed by atoms with E-state index in [1.807, 2.05) is 43.5 Å². The second-order valence-corrected chi connectivity index (χ2v) is 12.7. The van der Waals surface area contributed by atoms with Crippen molar-refractivity contribution in [2.45, 2.75) is 56.9 Å². The standard InChI is InChI=1S/C27H32F2N2O3S/c1-18-12-24(34-2)22(21-8-10-30-25(18)21)14-31-11-9-26(16-27(28,29)17-26)13-23(31)20-6-4-19(5-7-20)15-35(3,32)33/h4-8,10,12,23,30H,9,11,13-17H2,1-3H3/t23-/m0/s1. The van der Waals surface area contributed by atoms with Crippen molar-refractivity contribution >= 4 is 20.7 Å². The minimum atomic E-state index is -3.13. The van der Waals surface area contributed by atoms with Crippen LogP contribution in [-0.2, 0) is 22.1 Å². The van der Waals surface area contributed by atoms with Gasteiger partial charge in [-0.3, -0.25) is 4.90 Å². The predicted octanol–water partition coefficient (Wildman–Crippen LogP) is 5.78. The molecule has 0 unspecified atom stereocenters. The molecule has 2 aliphatic rings. The van der Waals surface area contributed by atoms with E-state index in [1.54, 1.807) is 7.11 Å². The fraction of sp³-hybridized carbons (Fsp3) is 0.481. The van der Waals surface area contributed by atoms with Crippen LogP contribution in [-0.4, -0.2) is 44.1 Å². The van der Waals surface area contributed by atoms with Crippen LogP contribution in [0, 0.1) is 12.3 Å². The molecule has 8 heteroatoms. The van der Waals surface area contributed by atoms with Crippen LogP contribution in [0.25, 0.3) is 10.9 Å². The molecule has 1 N–H and O–H groups in total. The number of benzene rings is 2. The maximum Gasteiger partial charge on any atom is 0.249 e. The molecular formula is C27H32F2N2O3S. The second-order valence-electron chi connectivity index (χ2n) is 10.6. The summed E-state index contributed by atoms with van der Waals surface area (Å²) in [6.45, 7) is 3.40. The van der Waals surface area contributed by atoms with Crippen LogP contribution >= 0.6 is 0 Å². The molecule has 3 aromatic rings. The van der Waals surface area contributed by atoms with Gasteiger partial charge in [-0.25, -0.2) is 17.2 Å². The van der Waals surface area contributed by atoms with E-state index >= 15 is 0 Å². The Kier molecular flexibility index (Phi) is 5.95. The Morgan fingerprint density at radius 3 is 2.51 bits per heavy atom. The zero-order valence-corrected chi connectivity index (χ0v) is 21.2. The lowest BCUT2D eigenvalue weighted by molar-refractivity contribution is -0.186. The molecule has 1 aliphatic heterocycles. The van der Waals surface area contributed by atoms with Crippen molar-refractivity contribution in [2.75, 3.05) is 19.9 Å². The van der Waals surface area contributed by atoms with Crippen molar-refractivity contribution < 1.29 is 21.9 Å². The summed E-state index contributed by atoms with van der Waals surface area (Å²) in [4.78, 5) is 5.69. The van der Waals surface area contributed by atoms with E-state index in [9.17, 15) is 17.2 Å².